The van der Waals surface area contributed by atoms with E-state index in [2.05, 4.69) is 10.3 Å². The van der Waals surface area contributed by atoms with Crippen LogP contribution in [0.3, 0.4) is 0 Å². The summed E-state index contributed by atoms with van der Waals surface area (Å²) in [5.74, 6) is 1.53. The number of amides is 1. The summed E-state index contributed by atoms with van der Waals surface area (Å²) in [6.45, 7) is 1.07. The number of hydrogen-bond donors (Lipinski definition) is 1. The Hall–Kier alpha value is -2.77. The number of thiazole rings is 1. The number of fused-ring (bicyclic) bond motifs is 1. The molecule has 1 aliphatic heterocycles. The number of methoxy groups -OCH3 is 1. The molecule has 1 aromatic heterocycles. The van der Waals surface area contributed by atoms with Crippen LogP contribution in [-0.4, -0.2) is 31.2 Å². The highest BCUT2D eigenvalue weighted by Crippen LogP contribution is 2.35. The lowest BCUT2D eigenvalue weighted by Crippen LogP contribution is -2.15. The first-order valence-electron chi connectivity index (χ1n) is 8.14. The number of anilines is 1. The molecule has 27 heavy (non-hydrogen) atoms. The molecule has 6 nitrogen and oxygen atoms in total. The zero-order chi connectivity index (χ0) is 18.8. The van der Waals surface area contributed by atoms with Crippen LogP contribution in [0.2, 0.25) is 5.02 Å². The van der Waals surface area contributed by atoms with Crippen molar-refractivity contribution in [1.82, 2.24) is 4.98 Å². The molecular weight excluding hydrogens is 388 g/mol. The molecule has 4 rings (SSSR count). The zero-order valence-electron chi connectivity index (χ0n) is 14.3. The van der Waals surface area contributed by atoms with E-state index < -0.39 is 0 Å². The molecule has 2 aromatic carbocycles. The minimum absolute atomic E-state index is 0.336. The number of benzene rings is 2. The number of hydrogen-bond acceptors (Lipinski definition) is 6. The predicted molar refractivity (Wildman–Crippen MR) is 104 cm³/mol. The maximum Gasteiger partial charge on any atom is 0.261 e. The van der Waals surface area contributed by atoms with Gasteiger partial charge in [0, 0.05) is 16.0 Å². The van der Waals surface area contributed by atoms with Gasteiger partial charge in [0.2, 0.25) is 0 Å². The Labute approximate surface area is 164 Å². The third-order valence-electron chi connectivity index (χ3n) is 3.97. The molecule has 138 valence electrons. The van der Waals surface area contributed by atoms with Gasteiger partial charge in [0.1, 0.15) is 19.0 Å². The highest BCUT2D eigenvalue weighted by Gasteiger charge is 2.17. The van der Waals surface area contributed by atoms with Gasteiger partial charge in [-0.15, -0.1) is 11.3 Å². The monoisotopic (exact) mass is 402 g/mol. The van der Waals surface area contributed by atoms with Crippen LogP contribution >= 0.6 is 22.9 Å². The van der Waals surface area contributed by atoms with Crippen LogP contribution in [0.1, 0.15) is 10.4 Å². The lowest BCUT2D eigenvalue weighted by atomic mass is 10.1. The van der Waals surface area contributed by atoms with Gasteiger partial charge in [0.25, 0.3) is 5.91 Å². The van der Waals surface area contributed by atoms with Crippen LogP contribution in [0, 0.1) is 0 Å². The average Bonchev–Trinajstić information content (AvgIpc) is 3.16. The number of aromatic nitrogens is 1. The van der Waals surface area contributed by atoms with Crippen molar-refractivity contribution >= 4 is 34.0 Å². The Bertz CT molecular complexity index is 1010. The van der Waals surface area contributed by atoms with Gasteiger partial charge < -0.3 is 14.2 Å². The molecule has 0 aliphatic carbocycles. The second kappa shape index (κ2) is 7.46. The summed E-state index contributed by atoms with van der Waals surface area (Å²) in [4.78, 5) is 17.1. The maximum atomic E-state index is 12.6. The number of halogens is 1. The Morgan fingerprint density at radius 2 is 2.00 bits per heavy atom. The second-order valence-corrected chi connectivity index (χ2v) is 6.99. The van der Waals surface area contributed by atoms with E-state index in [9.17, 15) is 4.79 Å². The van der Waals surface area contributed by atoms with Crippen LogP contribution in [-0.2, 0) is 0 Å². The number of carbonyl (C=O) groups excluding carboxylic acids is 1. The van der Waals surface area contributed by atoms with E-state index in [0.29, 0.717) is 40.4 Å². The van der Waals surface area contributed by atoms with Crippen LogP contribution in [0.4, 0.5) is 5.13 Å². The molecule has 1 aliphatic rings. The van der Waals surface area contributed by atoms with E-state index in [1.54, 1.807) is 18.2 Å². The Balaban J connectivity index is 1.55. The van der Waals surface area contributed by atoms with E-state index in [4.69, 9.17) is 25.8 Å². The lowest BCUT2D eigenvalue weighted by Gasteiger charge is -2.18. The van der Waals surface area contributed by atoms with Crippen LogP contribution in [0.5, 0.6) is 17.2 Å². The largest absolute Gasteiger partial charge is 0.496 e. The molecule has 0 bridgehead atoms. The summed E-state index contributed by atoms with van der Waals surface area (Å²) in [6.07, 6.45) is 0. The fourth-order valence-corrected chi connectivity index (χ4v) is 3.58. The molecule has 0 radical (unpaired) electrons. The molecule has 0 atom stereocenters. The van der Waals surface area contributed by atoms with Gasteiger partial charge in [0.05, 0.1) is 18.4 Å². The number of nitrogens with one attached hydrogen (secondary N) is 1. The first-order valence-corrected chi connectivity index (χ1v) is 9.40. The van der Waals surface area contributed by atoms with Gasteiger partial charge >= 0.3 is 0 Å². The van der Waals surface area contributed by atoms with Crippen molar-refractivity contribution < 1.29 is 19.0 Å². The Morgan fingerprint density at radius 1 is 1.19 bits per heavy atom. The number of carbonyl (C=O) groups is 1. The van der Waals surface area contributed by atoms with Crippen molar-refractivity contribution in [2.75, 3.05) is 25.6 Å². The Kier molecular flexibility index (Phi) is 4.87. The minimum atomic E-state index is -0.336. The summed E-state index contributed by atoms with van der Waals surface area (Å²) in [6, 6.07) is 10.5. The van der Waals surface area contributed by atoms with Crippen molar-refractivity contribution in [2.45, 2.75) is 0 Å². The fourth-order valence-electron chi connectivity index (χ4n) is 2.69. The van der Waals surface area contributed by atoms with Gasteiger partial charge in [0.15, 0.2) is 16.6 Å². The van der Waals surface area contributed by atoms with Crippen molar-refractivity contribution in [3.8, 4) is 28.5 Å². The van der Waals surface area contributed by atoms with Gasteiger partial charge in [-0.25, -0.2) is 4.98 Å². The van der Waals surface area contributed by atoms with Gasteiger partial charge in [-0.2, -0.15) is 0 Å². The average molecular weight is 403 g/mol. The van der Waals surface area contributed by atoms with E-state index in [1.807, 2.05) is 23.6 Å². The third-order valence-corrected chi connectivity index (χ3v) is 4.96. The SMILES string of the molecule is COc1ccc(Cl)cc1C(=O)Nc1nc(-c2ccc3c(c2)OCCO3)cs1. The molecule has 0 saturated carbocycles. The first kappa shape index (κ1) is 17.6. The van der Waals surface area contributed by atoms with Gasteiger partial charge in [-0.1, -0.05) is 11.6 Å². The van der Waals surface area contributed by atoms with Crippen LogP contribution in [0.15, 0.2) is 41.8 Å². The molecule has 0 spiro atoms. The molecule has 0 fully saturated rings. The summed E-state index contributed by atoms with van der Waals surface area (Å²) < 4.78 is 16.4. The molecule has 2 heterocycles. The quantitative estimate of drug-likeness (QED) is 0.696. The van der Waals surface area contributed by atoms with Crippen molar-refractivity contribution in [3.05, 3.63) is 52.4 Å². The minimum Gasteiger partial charge on any atom is -0.496 e. The highest BCUT2D eigenvalue weighted by atomic mass is 35.5. The van der Waals surface area contributed by atoms with E-state index in [0.717, 1.165) is 17.0 Å². The zero-order valence-corrected chi connectivity index (χ0v) is 15.9. The molecule has 8 heteroatoms. The van der Waals surface area contributed by atoms with Crippen molar-refractivity contribution in [1.29, 1.82) is 0 Å². The van der Waals surface area contributed by atoms with Crippen molar-refractivity contribution in [3.63, 3.8) is 0 Å². The van der Waals surface area contributed by atoms with E-state index >= 15 is 0 Å². The van der Waals surface area contributed by atoms with Gasteiger partial charge in [-0.05, 0) is 36.4 Å². The summed E-state index contributed by atoms with van der Waals surface area (Å²) in [5, 5.41) is 5.59. The summed E-state index contributed by atoms with van der Waals surface area (Å²) in [7, 11) is 1.50. The number of rotatable bonds is 4. The second-order valence-electron chi connectivity index (χ2n) is 5.70. The van der Waals surface area contributed by atoms with E-state index in [-0.39, 0.29) is 5.91 Å². The number of nitrogens with zero attached hydrogens (tertiary/aromatic N) is 1. The normalized spacial score (nSPS) is 12.5. The van der Waals surface area contributed by atoms with Crippen LogP contribution < -0.4 is 19.5 Å². The molecular formula is C19H15ClN2O4S. The molecule has 3 aromatic rings. The maximum absolute atomic E-state index is 12.6. The summed E-state index contributed by atoms with van der Waals surface area (Å²) in [5.41, 5.74) is 1.97. The lowest BCUT2D eigenvalue weighted by molar-refractivity contribution is 0.102. The topological polar surface area (TPSA) is 69.7 Å². The molecule has 0 saturated heterocycles. The van der Waals surface area contributed by atoms with Gasteiger partial charge in [-0.3, -0.25) is 10.1 Å². The standard InChI is InChI=1S/C19H15ClN2O4S/c1-24-15-5-3-12(20)9-13(15)18(23)22-19-21-14(10-27-19)11-2-4-16-17(8-11)26-7-6-25-16/h2-5,8-10H,6-7H2,1H3,(H,21,22,23). The molecule has 1 N–H and O–H groups in total. The van der Waals surface area contributed by atoms with E-state index in [1.165, 1.54) is 18.4 Å². The predicted octanol–water partition coefficient (Wildman–Crippen LogP) is 4.50. The fraction of sp³-hybridized carbons (Fsp3) is 0.158. The van der Waals surface area contributed by atoms with Crippen molar-refractivity contribution in [2.24, 2.45) is 0 Å². The molecule has 1 amide bonds. The van der Waals surface area contributed by atoms with Crippen LogP contribution in [0.25, 0.3) is 11.3 Å². The third kappa shape index (κ3) is 3.70. The Morgan fingerprint density at radius 3 is 2.81 bits per heavy atom. The summed E-state index contributed by atoms with van der Waals surface area (Å²) >= 11 is 7.33. The molecule has 0 unspecified atom stereocenters. The number of ether oxygens (including phenoxy) is 3. The highest BCUT2D eigenvalue weighted by molar-refractivity contribution is 7.14. The smallest absolute Gasteiger partial charge is 0.261 e. The first-order chi connectivity index (χ1) is 13.1.